The fraction of sp³-hybridized carbons (Fsp3) is 0.324. The second-order valence-corrected chi connectivity index (χ2v) is 12.6. The first-order chi connectivity index (χ1) is 22.2. The smallest absolute Gasteiger partial charge is 0.348 e. The monoisotopic (exact) mass is 685 g/mol. The summed E-state index contributed by atoms with van der Waals surface area (Å²) in [5.41, 5.74) is 2.06. The molecule has 2 atom stereocenters. The molecule has 2 heterocycles. The Bertz CT molecular complexity index is 1580. The number of carbonyl (C=O) groups is 2. The van der Waals surface area contributed by atoms with Crippen molar-refractivity contribution in [2.75, 3.05) is 41.5 Å². The number of pyridine rings is 1. The van der Waals surface area contributed by atoms with Crippen LogP contribution < -0.4 is 14.8 Å². The van der Waals surface area contributed by atoms with Crippen molar-refractivity contribution in [3.05, 3.63) is 110 Å². The van der Waals surface area contributed by atoms with E-state index in [1.165, 1.54) is 30.8 Å². The molecule has 0 aliphatic heterocycles. The quantitative estimate of drug-likeness (QED) is 0.0994. The number of hydrogen-bond acceptors (Lipinski definition) is 10. The second kappa shape index (κ2) is 17.3. The number of nitrogens with one attached hydrogen (secondary N) is 1. The van der Waals surface area contributed by atoms with Gasteiger partial charge in [0.05, 0.1) is 30.9 Å². The maximum Gasteiger partial charge on any atom is 0.348 e. The Morgan fingerprint density at radius 3 is 2.33 bits per heavy atom. The first-order valence-electron chi connectivity index (χ1n) is 14.6. The van der Waals surface area contributed by atoms with Crippen molar-refractivity contribution in [1.82, 2.24) is 15.2 Å². The molecule has 0 spiro atoms. The molecule has 0 bridgehead atoms. The van der Waals surface area contributed by atoms with Gasteiger partial charge in [0, 0.05) is 36.8 Å². The lowest BCUT2D eigenvalue weighted by molar-refractivity contribution is -0.146. The van der Waals surface area contributed by atoms with Crippen LogP contribution in [0.1, 0.15) is 49.8 Å². The van der Waals surface area contributed by atoms with Crippen LogP contribution in [0.4, 0.5) is 0 Å². The van der Waals surface area contributed by atoms with Crippen molar-refractivity contribution in [3.63, 3.8) is 0 Å². The summed E-state index contributed by atoms with van der Waals surface area (Å²) in [6.07, 6.45) is 3.18. The van der Waals surface area contributed by atoms with Crippen molar-refractivity contribution in [1.29, 1.82) is 0 Å². The van der Waals surface area contributed by atoms with Crippen molar-refractivity contribution in [3.8, 4) is 11.5 Å². The number of rotatable bonds is 16. The van der Waals surface area contributed by atoms with Crippen molar-refractivity contribution in [2.45, 2.75) is 31.5 Å². The molecule has 2 aromatic heterocycles. The van der Waals surface area contributed by atoms with Gasteiger partial charge in [0.25, 0.3) is 0 Å². The Balaban J connectivity index is 1.49. The number of nitrogens with zero attached hydrogens (tertiary/aromatic N) is 2. The van der Waals surface area contributed by atoms with Crippen LogP contribution in [0, 0.1) is 0 Å². The molecule has 12 heteroatoms. The predicted octanol–water partition coefficient (Wildman–Crippen LogP) is 6.93. The van der Waals surface area contributed by atoms with E-state index in [2.05, 4.69) is 10.3 Å². The van der Waals surface area contributed by atoms with Gasteiger partial charge in [-0.15, -0.1) is 11.3 Å². The number of carbonyl (C=O) groups excluding carboxylic acids is 2. The average Bonchev–Trinajstić information content (AvgIpc) is 3.53. The molecule has 4 aromatic rings. The molecule has 0 amide bonds. The normalized spacial score (nSPS) is 12.4. The number of esters is 2. The van der Waals surface area contributed by atoms with Crippen LogP contribution in [0.2, 0.25) is 10.0 Å². The maximum atomic E-state index is 13.5. The highest BCUT2D eigenvalue weighted by Crippen LogP contribution is 2.36. The Hall–Kier alpha value is -3.67. The minimum absolute atomic E-state index is 0.205. The molecule has 0 aliphatic carbocycles. The zero-order valence-electron chi connectivity index (χ0n) is 26.1. The number of benzene rings is 2. The number of aromatic nitrogens is 1. The van der Waals surface area contributed by atoms with Gasteiger partial charge in [-0.25, -0.2) is 9.59 Å². The lowest BCUT2D eigenvalue weighted by Gasteiger charge is -2.20. The molecule has 2 aromatic carbocycles. The molecular formula is C34H37Cl2N3O6S. The van der Waals surface area contributed by atoms with Gasteiger partial charge >= 0.3 is 11.9 Å². The Labute approximate surface area is 283 Å². The fourth-order valence-corrected chi connectivity index (χ4v) is 6.05. The van der Waals surface area contributed by atoms with E-state index < -0.39 is 18.1 Å². The van der Waals surface area contributed by atoms with Crippen LogP contribution in [0.3, 0.4) is 0 Å². The molecule has 244 valence electrons. The molecule has 0 aliphatic rings. The summed E-state index contributed by atoms with van der Waals surface area (Å²) in [6, 6.07) is 17.6. The predicted molar refractivity (Wildman–Crippen MR) is 180 cm³/mol. The number of hydrogen-bond donors (Lipinski definition) is 1. The summed E-state index contributed by atoms with van der Waals surface area (Å²) in [6.45, 7) is 1.49. The van der Waals surface area contributed by atoms with Crippen LogP contribution in [0.25, 0.3) is 0 Å². The summed E-state index contributed by atoms with van der Waals surface area (Å²) in [4.78, 5) is 33.9. The highest BCUT2D eigenvalue weighted by Gasteiger charge is 2.25. The largest absolute Gasteiger partial charge is 0.493 e. The van der Waals surface area contributed by atoms with Gasteiger partial charge in [-0.3, -0.25) is 10.3 Å². The highest BCUT2D eigenvalue weighted by molar-refractivity contribution is 7.13. The van der Waals surface area contributed by atoms with Gasteiger partial charge in [0.2, 0.25) is 0 Å². The first-order valence-corrected chi connectivity index (χ1v) is 16.2. The highest BCUT2D eigenvalue weighted by atomic mass is 35.5. The third-order valence-corrected chi connectivity index (χ3v) is 8.79. The maximum absolute atomic E-state index is 13.5. The Kier molecular flexibility index (Phi) is 13.2. The second-order valence-electron chi connectivity index (χ2n) is 10.6. The molecule has 1 N–H and O–H groups in total. The zero-order valence-corrected chi connectivity index (χ0v) is 28.5. The topological polar surface area (TPSA) is 99.2 Å². The summed E-state index contributed by atoms with van der Waals surface area (Å²) in [7, 11) is 7.04. The van der Waals surface area contributed by atoms with Gasteiger partial charge in [0.1, 0.15) is 17.0 Å². The van der Waals surface area contributed by atoms with E-state index in [0.717, 1.165) is 23.4 Å². The number of thiophene rings is 1. The molecule has 0 fully saturated rings. The van der Waals surface area contributed by atoms with E-state index in [1.54, 1.807) is 31.4 Å². The van der Waals surface area contributed by atoms with Gasteiger partial charge in [-0.2, -0.15) is 0 Å². The van der Waals surface area contributed by atoms with Crippen LogP contribution in [0.15, 0.2) is 73.1 Å². The van der Waals surface area contributed by atoms with E-state index in [1.807, 2.05) is 55.4 Å². The summed E-state index contributed by atoms with van der Waals surface area (Å²) >= 11 is 14.1. The number of methoxy groups -OCH3 is 2. The van der Waals surface area contributed by atoms with Crippen LogP contribution in [-0.4, -0.2) is 63.3 Å². The van der Waals surface area contributed by atoms with E-state index in [9.17, 15) is 9.59 Å². The van der Waals surface area contributed by atoms with Crippen LogP contribution in [-0.2, 0) is 27.2 Å². The summed E-state index contributed by atoms with van der Waals surface area (Å²) in [5.74, 6) is 0.157. The number of halogens is 2. The molecule has 4 rings (SSSR count). The van der Waals surface area contributed by atoms with E-state index in [-0.39, 0.29) is 12.4 Å². The molecule has 1 unspecified atom stereocenters. The first kappa shape index (κ1) is 35.2. The van der Waals surface area contributed by atoms with Crippen molar-refractivity contribution in [2.24, 2.45) is 0 Å². The lowest BCUT2D eigenvalue weighted by atomic mass is 10.0. The molecule has 0 radical (unpaired) electrons. The van der Waals surface area contributed by atoms with E-state index >= 15 is 0 Å². The average molecular weight is 687 g/mol. The third kappa shape index (κ3) is 9.67. The fourth-order valence-electron chi connectivity index (χ4n) is 4.69. The van der Waals surface area contributed by atoms with E-state index in [0.29, 0.717) is 50.7 Å². The Morgan fingerprint density at radius 2 is 1.65 bits per heavy atom. The standard InChI is InChI=1S/C34H37Cl2N3O6S/c1-39(2)15-8-16-44-34(41)32(22-9-6-5-7-10-22)38-19-24-12-14-31(46-24)33(40)45-29(18-25-26(35)20-37-21-27(25)36)23-11-13-28(42-3)30(17-23)43-4/h5-7,9-14,17,20-21,29,32,38H,8,15-16,18-19H2,1-4H3/t29-,32?/m0/s1. The van der Waals surface area contributed by atoms with E-state index in [4.69, 9.17) is 42.1 Å². The van der Waals surface area contributed by atoms with Gasteiger partial charge in [-0.1, -0.05) is 59.6 Å². The summed E-state index contributed by atoms with van der Waals surface area (Å²) in [5, 5.41) is 4.03. The SMILES string of the molecule is COc1ccc([C@H](Cc2c(Cl)cncc2Cl)OC(=O)c2ccc(CNC(C(=O)OCCCN(C)C)c3ccccc3)s2)cc1OC. The van der Waals surface area contributed by atoms with Crippen molar-refractivity contribution < 1.29 is 28.5 Å². The zero-order chi connectivity index (χ0) is 33.1. The number of ether oxygens (including phenoxy) is 4. The third-order valence-electron chi connectivity index (χ3n) is 7.08. The van der Waals surface area contributed by atoms with Crippen molar-refractivity contribution >= 4 is 46.5 Å². The minimum atomic E-state index is -0.752. The molecule has 9 nitrogen and oxygen atoms in total. The molecular weight excluding hydrogens is 649 g/mol. The van der Waals surface area contributed by atoms with Gasteiger partial charge < -0.3 is 23.8 Å². The van der Waals surface area contributed by atoms with Gasteiger partial charge in [-0.05, 0) is 61.5 Å². The Morgan fingerprint density at radius 1 is 0.935 bits per heavy atom. The van der Waals surface area contributed by atoms with Crippen LogP contribution >= 0.6 is 34.5 Å². The minimum Gasteiger partial charge on any atom is -0.493 e. The van der Waals surface area contributed by atoms with Gasteiger partial charge in [0.15, 0.2) is 11.5 Å². The molecule has 0 saturated carbocycles. The molecule has 0 saturated heterocycles. The molecule has 46 heavy (non-hydrogen) atoms. The van der Waals surface area contributed by atoms with Crippen LogP contribution in [0.5, 0.6) is 11.5 Å². The lowest BCUT2D eigenvalue weighted by Crippen LogP contribution is -2.30. The summed E-state index contributed by atoms with van der Waals surface area (Å²) < 4.78 is 22.5.